The second-order valence-electron chi connectivity index (χ2n) is 4.58. The Hall–Kier alpha value is -3.24. The van der Waals surface area contributed by atoms with Crippen LogP contribution in [0, 0.1) is 29.6 Å². The van der Waals surface area contributed by atoms with Crippen molar-refractivity contribution in [3.8, 4) is 23.6 Å². The van der Waals surface area contributed by atoms with Crippen LogP contribution in [0.3, 0.4) is 0 Å². The largest absolute Gasteiger partial charge is 0.450 e. The molecular formula is C17H10N2O2. The van der Waals surface area contributed by atoms with Gasteiger partial charge >= 0.3 is 0 Å². The highest BCUT2D eigenvalue weighted by atomic mass is 16.5. The van der Waals surface area contributed by atoms with Gasteiger partial charge in [0.2, 0.25) is 5.76 Å². The minimum atomic E-state index is 0.0978. The van der Waals surface area contributed by atoms with Gasteiger partial charge in [0.05, 0.1) is 10.9 Å². The first kappa shape index (κ1) is 12.8. The smallest absolute Gasteiger partial charge is 0.247 e. The van der Waals surface area contributed by atoms with Gasteiger partial charge in [-0.25, -0.2) is 0 Å². The molecule has 0 aliphatic rings. The van der Waals surface area contributed by atoms with Gasteiger partial charge in [-0.15, -0.1) is 0 Å². The molecule has 0 aliphatic carbocycles. The molecule has 100 valence electrons. The molecule has 1 aromatic heterocycles. The number of hydrogen-bond donors (Lipinski definition) is 0. The van der Waals surface area contributed by atoms with Crippen LogP contribution < -0.4 is 4.74 Å². The molecule has 0 amide bonds. The summed E-state index contributed by atoms with van der Waals surface area (Å²) in [7, 11) is 0. The molecule has 0 N–H and O–H groups in total. The molecule has 0 aliphatic heterocycles. The van der Waals surface area contributed by atoms with Crippen molar-refractivity contribution >= 4 is 11.0 Å². The average molecular weight is 274 g/mol. The van der Waals surface area contributed by atoms with Gasteiger partial charge < -0.3 is 9.15 Å². The lowest BCUT2D eigenvalue weighted by molar-refractivity contribution is 0.465. The third-order valence-corrected chi connectivity index (χ3v) is 3.12. The molecule has 0 atom stereocenters. The molecule has 0 spiro atoms. The molecule has 3 aromatic rings. The maximum Gasteiger partial charge on any atom is 0.247 e. The Labute approximate surface area is 121 Å². The number of rotatable bonds is 2. The third kappa shape index (κ3) is 2.20. The van der Waals surface area contributed by atoms with Gasteiger partial charge in [0.1, 0.15) is 23.5 Å². The molecule has 0 unspecified atom stereocenters. The number of ether oxygens (including phenoxy) is 1. The van der Waals surface area contributed by atoms with E-state index in [1.165, 1.54) is 0 Å². The summed E-state index contributed by atoms with van der Waals surface area (Å²) in [6.07, 6.45) is 0. The number of nitrogens with zero attached hydrogens (tertiary/aromatic N) is 2. The van der Waals surface area contributed by atoms with Crippen molar-refractivity contribution in [2.75, 3.05) is 0 Å². The Morgan fingerprint density at radius 3 is 2.62 bits per heavy atom. The molecule has 21 heavy (non-hydrogen) atoms. The Bertz CT molecular complexity index is 911. The normalized spacial score (nSPS) is 10.0. The molecule has 0 radical (unpaired) electrons. The molecular weight excluding hydrogens is 264 g/mol. The number of fused-ring (bicyclic) bond motifs is 1. The van der Waals surface area contributed by atoms with E-state index in [-0.39, 0.29) is 5.76 Å². The van der Waals surface area contributed by atoms with E-state index in [1.54, 1.807) is 18.2 Å². The predicted molar refractivity (Wildman–Crippen MR) is 76.9 cm³/mol. The van der Waals surface area contributed by atoms with Gasteiger partial charge in [0, 0.05) is 0 Å². The second-order valence-corrected chi connectivity index (χ2v) is 4.58. The van der Waals surface area contributed by atoms with Gasteiger partial charge in [-0.2, -0.15) is 10.5 Å². The van der Waals surface area contributed by atoms with Crippen molar-refractivity contribution in [1.82, 2.24) is 0 Å². The topological polar surface area (TPSA) is 69.9 Å². The summed E-state index contributed by atoms with van der Waals surface area (Å²) >= 11 is 0. The molecule has 0 saturated carbocycles. The molecule has 4 nitrogen and oxygen atoms in total. The molecule has 4 heteroatoms. The van der Waals surface area contributed by atoms with Crippen LogP contribution in [0.4, 0.5) is 0 Å². The fourth-order valence-corrected chi connectivity index (χ4v) is 2.13. The third-order valence-electron chi connectivity index (χ3n) is 3.12. The molecule has 0 bridgehead atoms. The van der Waals surface area contributed by atoms with Crippen molar-refractivity contribution < 1.29 is 9.15 Å². The first-order valence-electron chi connectivity index (χ1n) is 6.33. The Kier molecular flexibility index (Phi) is 3.06. The molecule has 0 saturated heterocycles. The van der Waals surface area contributed by atoms with E-state index in [0.29, 0.717) is 28.0 Å². The van der Waals surface area contributed by atoms with E-state index in [1.807, 2.05) is 37.3 Å². The zero-order valence-electron chi connectivity index (χ0n) is 11.3. The summed E-state index contributed by atoms with van der Waals surface area (Å²) in [6, 6.07) is 16.6. The van der Waals surface area contributed by atoms with Crippen molar-refractivity contribution in [2.24, 2.45) is 0 Å². The number of aryl methyl sites for hydroxylation is 1. The van der Waals surface area contributed by atoms with Crippen LogP contribution in [0.5, 0.6) is 11.5 Å². The van der Waals surface area contributed by atoms with Gasteiger partial charge in [-0.1, -0.05) is 18.2 Å². The Morgan fingerprint density at radius 1 is 1.05 bits per heavy atom. The van der Waals surface area contributed by atoms with Gasteiger partial charge in [0.15, 0.2) is 5.75 Å². The first-order valence-corrected chi connectivity index (χ1v) is 6.33. The number of nitriles is 2. The summed E-state index contributed by atoms with van der Waals surface area (Å²) in [4.78, 5) is 0. The zero-order chi connectivity index (χ0) is 14.8. The lowest BCUT2D eigenvalue weighted by atomic mass is 10.1. The zero-order valence-corrected chi connectivity index (χ0v) is 11.3. The minimum absolute atomic E-state index is 0.0978. The summed E-state index contributed by atoms with van der Waals surface area (Å²) in [5.41, 5.74) is 1.97. The first-order chi connectivity index (χ1) is 10.2. The van der Waals surface area contributed by atoms with E-state index in [0.717, 1.165) is 5.56 Å². The molecule has 1 heterocycles. The standard InChI is InChI=1S/C17H10N2O2/c1-11-6-7-14(12(8-11)9-18)21-17-13-4-2-3-5-15(13)20-16(17)10-19/h2-8H,1H3. The molecule has 0 fully saturated rings. The van der Waals surface area contributed by atoms with Crippen molar-refractivity contribution in [3.05, 3.63) is 59.4 Å². The van der Waals surface area contributed by atoms with Crippen molar-refractivity contribution in [1.29, 1.82) is 10.5 Å². The van der Waals surface area contributed by atoms with Gasteiger partial charge in [-0.3, -0.25) is 0 Å². The minimum Gasteiger partial charge on any atom is -0.450 e. The summed E-state index contributed by atoms with van der Waals surface area (Å²) < 4.78 is 11.2. The number of benzene rings is 2. The number of para-hydroxylation sites is 1. The van der Waals surface area contributed by atoms with E-state index in [2.05, 4.69) is 6.07 Å². The van der Waals surface area contributed by atoms with E-state index in [4.69, 9.17) is 9.15 Å². The Balaban J connectivity index is 2.15. The van der Waals surface area contributed by atoms with E-state index in [9.17, 15) is 10.5 Å². The highest BCUT2D eigenvalue weighted by Gasteiger charge is 2.17. The lowest BCUT2D eigenvalue weighted by Crippen LogP contribution is -1.90. The van der Waals surface area contributed by atoms with Crippen LogP contribution in [-0.2, 0) is 0 Å². The summed E-state index contributed by atoms with van der Waals surface area (Å²) in [6.45, 7) is 1.90. The maximum atomic E-state index is 9.19. The highest BCUT2D eigenvalue weighted by Crippen LogP contribution is 2.36. The molecule has 2 aromatic carbocycles. The second kappa shape index (κ2) is 5.03. The predicted octanol–water partition coefficient (Wildman–Crippen LogP) is 4.28. The van der Waals surface area contributed by atoms with Crippen molar-refractivity contribution in [2.45, 2.75) is 6.92 Å². The van der Waals surface area contributed by atoms with E-state index < -0.39 is 0 Å². The quantitative estimate of drug-likeness (QED) is 0.699. The van der Waals surface area contributed by atoms with Crippen LogP contribution in [0.25, 0.3) is 11.0 Å². The van der Waals surface area contributed by atoms with Crippen LogP contribution in [-0.4, -0.2) is 0 Å². The SMILES string of the molecule is Cc1ccc(Oc2c(C#N)oc3ccccc23)c(C#N)c1. The van der Waals surface area contributed by atoms with Crippen LogP contribution in [0.2, 0.25) is 0 Å². The van der Waals surface area contributed by atoms with Crippen LogP contribution in [0.15, 0.2) is 46.9 Å². The van der Waals surface area contributed by atoms with Gasteiger partial charge in [-0.05, 0) is 36.8 Å². The average Bonchev–Trinajstić information content (AvgIpc) is 2.87. The van der Waals surface area contributed by atoms with E-state index >= 15 is 0 Å². The number of hydrogen-bond acceptors (Lipinski definition) is 4. The van der Waals surface area contributed by atoms with Crippen LogP contribution >= 0.6 is 0 Å². The van der Waals surface area contributed by atoms with Gasteiger partial charge in [0.25, 0.3) is 0 Å². The fourth-order valence-electron chi connectivity index (χ4n) is 2.13. The monoisotopic (exact) mass is 274 g/mol. The summed E-state index contributed by atoms with van der Waals surface area (Å²) in [5.74, 6) is 0.847. The molecule has 3 rings (SSSR count). The van der Waals surface area contributed by atoms with Crippen molar-refractivity contribution in [3.63, 3.8) is 0 Å². The maximum absolute atomic E-state index is 9.19. The lowest BCUT2D eigenvalue weighted by Gasteiger charge is -2.06. The highest BCUT2D eigenvalue weighted by molar-refractivity contribution is 5.86. The summed E-state index contributed by atoms with van der Waals surface area (Å²) in [5, 5.41) is 19.1. The fraction of sp³-hybridized carbons (Fsp3) is 0.0588. The Morgan fingerprint density at radius 2 is 1.86 bits per heavy atom. The number of furan rings is 1. The van der Waals surface area contributed by atoms with Crippen LogP contribution in [0.1, 0.15) is 16.9 Å².